The molecule has 0 atom stereocenters. The van der Waals surface area contributed by atoms with E-state index in [1.54, 1.807) is 44.3 Å². The third kappa shape index (κ3) is 3.23. The van der Waals surface area contributed by atoms with Crippen molar-refractivity contribution in [2.75, 3.05) is 0 Å². The first-order valence-corrected chi connectivity index (χ1v) is 8.96. The molecule has 0 amide bonds. The van der Waals surface area contributed by atoms with Gasteiger partial charge in [0.1, 0.15) is 0 Å². The summed E-state index contributed by atoms with van der Waals surface area (Å²) in [6.07, 6.45) is 2.03. The van der Waals surface area contributed by atoms with Gasteiger partial charge in [-0.15, -0.1) is 22.7 Å². The Hall–Kier alpha value is -0.0400. The average Bonchev–Trinajstić information content (AvgIpc) is 2.95. The zero-order valence-corrected chi connectivity index (χ0v) is 12.4. The van der Waals surface area contributed by atoms with Gasteiger partial charge in [0, 0.05) is 10.8 Å². The fourth-order valence-corrected chi connectivity index (χ4v) is 5.33. The minimum Gasteiger partial charge on any atom is -0.234 e. The maximum Gasteiger partial charge on any atom is 0.161 e. The number of nitrogens with zero attached hydrogens (tertiary/aromatic N) is 2. The van der Waals surface area contributed by atoms with Gasteiger partial charge in [-0.3, -0.25) is 0 Å². The van der Waals surface area contributed by atoms with E-state index in [0.29, 0.717) is 0 Å². The Kier molecular flexibility index (Phi) is 4.69. The van der Waals surface area contributed by atoms with Crippen molar-refractivity contribution in [2.24, 2.45) is 0 Å². The predicted molar refractivity (Wildman–Crippen MR) is 74.7 cm³/mol. The van der Waals surface area contributed by atoms with Gasteiger partial charge in [0.15, 0.2) is 8.68 Å². The van der Waals surface area contributed by atoms with Crippen molar-refractivity contribution < 1.29 is 0 Å². The molecule has 0 saturated carbocycles. The van der Waals surface area contributed by atoms with E-state index >= 15 is 0 Å². The van der Waals surface area contributed by atoms with Crippen LogP contribution in [0, 0.1) is 0 Å². The van der Waals surface area contributed by atoms with Crippen molar-refractivity contribution in [3.05, 3.63) is 22.1 Å². The van der Waals surface area contributed by atoms with Crippen LogP contribution in [0.4, 0.5) is 0 Å². The van der Waals surface area contributed by atoms with Gasteiger partial charge in [-0.05, 0) is 34.4 Å². The molecular formula is C10H12N2S4. The summed E-state index contributed by atoms with van der Waals surface area (Å²) in [4.78, 5) is 9.02. The fraction of sp³-hybridized carbons (Fsp3) is 0.400. The zero-order chi connectivity index (χ0) is 11.4. The lowest BCUT2D eigenvalue weighted by atomic mass is 10.4. The number of aromatic nitrogens is 2. The largest absolute Gasteiger partial charge is 0.234 e. The normalized spacial score (nSPS) is 10.9. The van der Waals surface area contributed by atoms with Gasteiger partial charge in [0.2, 0.25) is 0 Å². The van der Waals surface area contributed by atoms with Crippen LogP contribution in [0.15, 0.2) is 19.4 Å². The van der Waals surface area contributed by atoms with Crippen LogP contribution in [0.3, 0.4) is 0 Å². The number of thiazole rings is 2. The molecule has 0 bridgehead atoms. The summed E-state index contributed by atoms with van der Waals surface area (Å²) in [5.74, 6) is 0. The topological polar surface area (TPSA) is 25.8 Å². The van der Waals surface area contributed by atoms with Gasteiger partial charge in [-0.2, -0.15) is 0 Å². The van der Waals surface area contributed by atoms with E-state index in [1.807, 2.05) is 0 Å². The molecule has 0 saturated heterocycles. The van der Waals surface area contributed by atoms with E-state index in [9.17, 15) is 0 Å². The Morgan fingerprint density at radius 1 is 0.938 bits per heavy atom. The van der Waals surface area contributed by atoms with Crippen molar-refractivity contribution in [1.82, 2.24) is 9.97 Å². The maximum atomic E-state index is 4.51. The molecule has 2 aromatic rings. The second-order valence-electron chi connectivity index (χ2n) is 3.08. The second-order valence-corrected chi connectivity index (χ2v) is 7.42. The molecule has 86 valence electrons. The SMILES string of the molecule is CCc1csc(SSc2nc(CC)cs2)n1. The Morgan fingerprint density at radius 2 is 1.38 bits per heavy atom. The first kappa shape index (κ1) is 12.4. The molecule has 0 radical (unpaired) electrons. The molecule has 2 nitrogen and oxygen atoms in total. The molecule has 2 rings (SSSR count). The highest BCUT2D eigenvalue weighted by molar-refractivity contribution is 8.77. The lowest BCUT2D eigenvalue weighted by Gasteiger charge is -1.91. The molecule has 2 heterocycles. The lowest BCUT2D eigenvalue weighted by molar-refractivity contribution is 1.02. The van der Waals surface area contributed by atoms with Crippen molar-refractivity contribution >= 4 is 44.3 Å². The van der Waals surface area contributed by atoms with Gasteiger partial charge in [-0.1, -0.05) is 13.8 Å². The Morgan fingerprint density at radius 3 is 1.69 bits per heavy atom. The third-order valence-electron chi connectivity index (χ3n) is 1.97. The summed E-state index contributed by atoms with van der Waals surface area (Å²) in [7, 11) is 3.41. The van der Waals surface area contributed by atoms with Crippen LogP contribution in [0.25, 0.3) is 0 Å². The van der Waals surface area contributed by atoms with Crippen LogP contribution in [-0.4, -0.2) is 9.97 Å². The average molecular weight is 288 g/mol. The standard InChI is InChI=1S/C10H12N2S4/c1-3-7-5-13-9(11-7)15-16-10-12-8(4-2)6-14-10/h5-6H,3-4H2,1-2H3. The van der Waals surface area contributed by atoms with Gasteiger partial charge in [0.05, 0.1) is 11.4 Å². The highest BCUT2D eigenvalue weighted by atomic mass is 33.1. The van der Waals surface area contributed by atoms with Crippen LogP contribution in [0.1, 0.15) is 25.2 Å². The maximum absolute atomic E-state index is 4.51. The number of hydrogen-bond donors (Lipinski definition) is 0. The van der Waals surface area contributed by atoms with Gasteiger partial charge >= 0.3 is 0 Å². The minimum atomic E-state index is 1.01. The van der Waals surface area contributed by atoms with E-state index in [0.717, 1.165) is 21.5 Å². The van der Waals surface area contributed by atoms with E-state index < -0.39 is 0 Å². The smallest absolute Gasteiger partial charge is 0.161 e. The minimum absolute atomic E-state index is 1.01. The van der Waals surface area contributed by atoms with E-state index in [-0.39, 0.29) is 0 Å². The lowest BCUT2D eigenvalue weighted by Crippen LogP contribution is -1.77. The zero-order valence-electron chi connectivity index (χ0n) is 9.10. The molecule has 0 fully saturated rings. The van der Waals surface area contributed by atoms with Crippen LogP contribution in [0.2, 0.25) is 0 Å². The molecule has 16 heavy (non-hydrogen) atoms. The van der Waals surface area contributed by atoms with Crippen molar-refractivity contribution in [2.45, 2.75) is 35.4 Å². The molecule has 0 unspecified atom stereocenters. The van der Waals surface area contributed by atoms with Crippen molar-refractivity contribution in [3.8, 4) is 0 Å². The molecule has 0 aliphatic rings. The van der Waals surface area contributed by atoms with Crippen LogP contribution >= 0.6 is 44.3 Å². The summed E-state index contributed by atoms with van der Waals surface area (Å²) in [5, 5.41) is 4.25. The number of aryl methyl sites for hydroxylation is 2. The molecule has 0 N–H and O–H groups in total. The van der Waals surface area contributed by atoms with Gasteiger partial charge in [-0.25, -0.2) is 9.97 Å². The molecule has 0 aromatic carbocycles. The van der Waals surface area contributed by atoms with Crippen LogP contribution < -0.4 is 0 Å². The first-order valence-electron chi connectivity index (χ1n) is 5.05. The second kappa shape index (κ2) is 6.05. The van der Waals surface area contributed by atoms with Crippen molar-refractivity contribution in [1.29, 1.82) is 0 Å². The number of hydrogen-bond acceptors (Lipinski definition) is 6. The Balaban J connectivity index is 1.91. The molecular weight excluding hydrogens is 276 g/mol. The summed E-state index contributed by atoms with van der Waals surface area (Å²) in [6.45, 7) is 4.26. The molecule has 0 aliphatic heterocycles. The first-order chi connectivity index (χ1) is 7.81. The van der Waals surface area contributed by atoms with E-state index in [4.69, 9.17) is 0 Å². The Labute approximate surface area is 111 Å². The predicted octanol–water partition coefficient (Wildman–Crippen LogP) is 4.52. The summed E-state index contributed by atoms with van der Waals surface area (Å²) in [5.41, 5.74) is 2.36. The molecule has 2 aromatic heterocycles. The molecule has 0 spiro atoms. The van der Waals surface area contributed by atoms with Gasteiger partial charge in [0.25, 0.3) is 0 Å². The summed E-state index contributed by atoms with van der Waals surface area (Å²) < 4.78 is 2.24. The number of rotatable bonds is 5. The van der Waals surface area contributed by atoms with E-state index in [2.05, 4.69) is 34.6 Å². The summed E-state index contributed by atoms with van der Waals surface area (Å²) >= 11 is 3.43. The fourth-order valence-electron chi connectivity index (χ4n) is 1.05. The monoisotopic (exact) mass is 288 g/mol. The summed E-state index contributed by atoms with van der Waals surface area (Å²) in [6, 6.07) is 0. The van der Waals surface area contributed by atoms with E-state index in [1.165, 1.54) is 11.4 Å². The quantitative estimate of drug-likeness (QED) is 0.755. The molecule has 0 aliphatic carbocycles. The highest BCUT2D eigenvalue weighted by Gasteiger charge is 2.05. The Bertz CT molecular complexity index is 407. The van der Waals surface area contributed by atoms with Crippen LogP contribution in [0.5, 0.6) is 0 Å². The van der Waals surface area contributed by atoms with Gasteiger partial charge < -0.3 is 0 Å². The molecule has 6 heteroatoms. The third-order valence-corrected chi connectivity index (χ3v) is 6.79. The van der Waals surface area contributed by atoms with Crippen molar-refractivity contribution in [3.63, 3.8) is 0 Å². The van der Waals surface area contributed by atoms with Crippen LogP contribution in [-0.2, 0) is 12.8 Å². The highest BCUT2D eigenvalue weighted by Crippen LogP contribution is 2.40.